The molecule has 1 aliphatic carbocycles. The van der Waals surface area contributed by atoms with Crippen molar-refractivity contribution < 1.29 is 0 Å². The minimum absolute atomic E-state index is 0.638. The third-order valence-corrected chi connectivity index (χ3v) is 3.11. The molecule has 0 saturated heterocycles. The molecule has 0 radical (unpaired) electrons. The molecule has 2 heteroatoms. The van der Waals surface area contributed by atoms with E-state index in [0.717, 1.165) is 12.6 Å². The van der Waals surface area contributed by atoms with Crippen LogP contribution in [0.2, 0.25) is 0 Å². The number of nitrogens with two attached hydrogens (primary N) is 1. The molecule has 0 aromatic carbocycles. The Bertz CT molecular complexity index is 132. The number of nitrogens with zero attached hydrogens (tertiary/aromatic N) is 1. The Balaban J connectivity index is 2.16. The third-order valence-electron chi connectivity index (χ3n) is 3.11. The van der Waals surface area contributed by atoms with E-state index in [-0.39, 0.29) is 0 Å². The Kier molecular flexibility index (Phi) is 4.74. The zero-order valence-corrected chi connectivity index (χ0v) is 9.13. The molecule has 0 aromatic heterocycles. The van der Waals surface area contributed by atoms with Gasteiger partial charge in [0.1, 0.15) is 0 Å². The average Bonchev–Trinajstić information content (AvgIpc) is 2.94. The van der Waals surface area contributed by atoms with Crippen LogP contribution in [0.15, 0.2) is 0 Å². The van der Waals surface area contributed by atoms with Gasteiger partial charge in [0.15, 0.2) is 0 Å². The normalized spacial score (nSPS) is 19.4. The van der Waals surface area contributed by atoms with E-state index in [1.807, 2.05) is 0 Å². The van der Waals surface area contributed by atoms with Crippen LogP contribution in [-0.2, 0) is 0 Å². The van der Waals surface area contributed by atoms with Gasteiger partial charge in [0.05, 0.1) is 0 Å². The lowest BCUT2D eigenvalue weighted by molar-refractivity contribution is 0.221. The van der Waals surface area contributed by atoms with Crippen molar-refractivity contribution in [1.29, 1.82) is 0 Å². The topological polar surface area (TPSA) is 29.3 Å². The van der Waals surface area contributed by atoms with Crippen LogP contribution in [-0.4, -0.2) is 30.6 Å². The van der Waals surface area contributed by atoms with E-state index in [1.54, 1.807) is 0 Å². The summed E-state index contributed by atoms with van der Waals surface area (Å²) >= 11 is 0. The summed E-state index contributed by atoms with van der Waals surface area (Å²) in [7, 11) is 2.24. The van der Waals surface area contributed by atoms with Crippen LogP contribution >= 0.6 is 0 Å². The van der Waals surface area contributed by atoms with Crippen molar-refractivity contribution in [1.82, 2.24) is 4.90 Å². The van der Waals surface area contributed by atoms with Gasteiger partial charge in [-0.2, -0.15) is 0 Å². The molecule has 0 aromatic rings. The van der Waals surface area contributed by atoms with Crippen LogP contribution in [0.3, 0.4) is 0 Å². The lowest BCUT2D eigenvalue weighted by Gasteiger charge is -2.26. The molecule has 2 nitrogen and oxygen atoms in total. The fourth-order valence-electron chi connectivity index (χ4n) is 1.90. The second-order valence-corrected chi connectivity index (χ2v) is 4.28. The molecular weight excluding hydrogens is 160 g/mol. The quantitative estimate of drug-likeness (QED) is 0.613. The van der Waals surface area contributed by atoms with E-state index >= 15 is 0 Å². The minimum atomic E-state index is 0.638. The fourth-order valence-corrected chi connectivity index (χ4v) is 1.90. The van der Waals surface area contributed by atoms with Crippen molar-refractivity contribution in [2.75, 3.05) is 13.6 Å². The maximum absolute atomic E-state index is 5.78. The zero-order valence-electron chi connectivity index (χ0n) is 9.13. The average molecular weight is 184 g/mol. The molecule has 13 heavy (non-hydrogen) atoms. The van der Waals surface area contributed by atoms with E-state index < -0.39 is 0 Å². The first kappa shape index (κ1) is 11.0. The second-order valence-electron chi connectivity index (χ2n) is 4.28. The number of hydrogen-bond donors (Lipinski definition) is 1. The van der Waals surface area contributed by atoms with Gasteiger partial charge in [-0.1, -0.05) is 26.2 Å². The third kappa shape index (κ3) is 3.65. The lowest BCUT2D eigenvalue weighted by Crippen LogP contribution is -2.39. The summed E-state index contributed by atoms with van der Waals surface area (Å²) in [5, 5.41) is 0. The maximum atomic E-state index is 5.78. The van der Waals surface area contributed by atoms with E-state index in [4.69, 9.17) is 5.73 Å². The molecule has 78 valence electrons. The summed E-state index contributed by atoms with van der Waals surface area (Å²) in [4.78, 5) is 2.50. The van der Waals surface area contributed by atoms with Gasteiger partial charge in [-0.3, -0.25) is 4.90 Å². The van der Waals surface area contributed by atoms with Gasteiger partial charge < -0.3 is 5.73 Å². The molecule has 0 spiro atoms. The molecule has 1 fully saturated rings. The van der Waals surface area contributed by atoms with Gasteiger partial charge in [-0.25, -0.2) is 0 Å². The van der Waals surface area contributed by atoms with Crippen LogP contribution < -0.4 is 5.73 Å². The molecule has 0 amide bonds. The zero-order chi connectivity index (χ0) is 9.68. The highest BCUT2D eigenvalue weighted by molar-refractivity contribution is 4.86. The Labute approximate surface area is 82.5 Å². The van der Waals surface area contributed by atoms with E-state index in [1.165, 1.54) is 38.5 Å². The van der Waals surface area contributed by atoms with Crippen molar-refractivity contribution in [2.24, 2.45) is 5.73 Å². The van der Waals surface area contributed by atoms with Gasteiger partial charge >= 0.3 is 0 Å². The van der Waals surface area contributed by atoms with Gasteiger partial charge in [0.2, 0.25) is 0 Å². The highest BCUT2D eigenvalue weighted by atomic mass is 15.2. The first-order valence-corrected chi connectivity index (χ1v) is 5.71. The molecule has 1 saturated carbocycles. The largest absolute Gasteiger partial charge is 0.329 e. The second kappa shape index (κ2) is 5.61. The van der Waals surface area contributed by atoms with E-state index in [0.29, 0.717) is 6.04 Å². The molecule has 0 bridgehead atoms. The van der Waals surface area contributed by atoms with E-state index in [9.17, 15) is 0 Å². The summed E-state index contributed by atoms with van der Waals surface area (Å²) in [6.07, 6.45) is 8.08. The van der Waals surface area contributed by atoms with Crippen molar-refractivity contribution >= 4 is 0 Å². The van der Waals surface area contributed by atoms with Crippen LogP contribution in [0.25, 0.3) is 0 Å². The summed E-state index contributed by atoms with van der Waals surface area (Å²) in [6, 6.07) is 1.49. The standard InChI is InChI=1S/C11H24N2/c1-3-4-5-6-11(9-12)13(2)10-7-8-10/h10-11H,3-9,12H2,1-2H3. The highest BCUT2D eigenvalue weighted by Gasteiger charge is 2.29. The minimum Gasteiger partial charge on any atom is -0.329 e. The van der Waals surface area contributed by atoms with Crippen molar-refractivity contribution in [3.8, 4) is 0 Å². The summed E-state index contributed by atoms with van der Waals surface area (Å²) in [5.41, 5.74) is 5.78. The van der Waals surface area contributed by atoms with Crippen LogP contribution in [0.1, 0.15) is 45.4 Å². The molecule has 1 atom stereocenters. The van der Waals surface area contributed by atoms with Crippen molar-refractivity contribution in [2.45, 2.75) is 57.5 Å². The SMILES string of the molecule is CCCCCC(CN)N(C)C1CC1. The smallest absolute Gasteiger partial charge is 0.0218 e. The number of rotatable bonds is 7. The summed E-state index contributed by atoms with van der Waals surface area (Å²) in [5.74, 6) is 0. The Morgan fingerprint density at radius 1 is 1.38 bits per heavy atom. The number of unbranched alkanes of at least 4 members (excludes halogenated alkanes) is 2. The van der Waals surface area contributed by atoms with Gasteiger partial charge in [-0.05, 0) is 26.3 Å². The molecule has 0 aliphatic heterocycles. The fraction of sp³-hybridized carbons (Fsp3) is 1.00. The Hall–Kier alpha value is -0.0800. The van der Waals surface area contributed by atoms with Gasteiger partial charge in [-0.15, -0.1) is 0 Å². The Morgan fingerprint density at radius 3 is 2.54 bits per heavy atom. The molecule has 2 N–H and O–H groups in total. The molecular formula is C11H24N2. The van der Waals surface area contributed by atoms with Crippen LogP contribution in [0, 0.1) is 0 Å². The molecule has 0 heterocycles. The van der Waals surface area contributed by atoms with E-state index in [2.05, 4.69) is 18.9 Å². The number of likely N-dealkylation sites (N-methyl/N-ethyl adjacent to an activating group) is 1. The summed E-state index contributed by atoms with van der Waals surface area (Å²) < 4.78 is 0. The molecule has 1 aliphatic rings. The highest BCUT2D eigenvalue weighted by Crippen LogP contribution is 2.28. The monoisotopic (exact) mass is 184 g/mol. The van der Waals surface area contributed by atoms with Crippen LogP contribution in [0.5, 0.6) is 0 Å². The maximum Gasteiger partial charge on any atom is 0.0218 e. The van der Waals surface area contributed by atoms with Crippen molar-refractivity contribution in [3.05, 3.63) is 0 Å². The van der Waals surface area contributed by atoms with Gasteiger partial charge in [0.25, 0.3) is 0 Å². The number of hydrogen-bond acceptors (Lipinski definition) is 2. The first-order valence-electron chi connectivity index (χ1n) is 5.71. The van der Waals surface area contributed by atoms with Gasteiger partial charge in [0, 0.05) is 18.6 Å². The lowest BCUT2D eigenvalue weighted by atomic mass is 10.1. The van der Waals surface area contributed by atoms with Crippen molar-refractivity contribution in [3.63, 3.8) is 0 Å². The Morgan fingerprint density at radius 2 is 2.08 bits per heavy atom. The summed E-state index contributed by atoms with van der Waals surface area (Å²) in [6.45, 7) is 3.08. The molecule has 1 unspecified atom stereocenters. The predicted octanol–water partition coefficient (Wildman–Crippen LogP) is 1.99. The van der Waals surface area contributed by atoms with Crippen LogP contribution in [0.4, 0.5) is 0 Å². The predicted molar refractivity (Wildman–Crippen MR) is 57.8 cm³/mol. The first-order chi connectivity index (χ1) is 6.29. The molecule has 1 rings (SSSR count).